The Kier molecular flexibility index (Phi) is 5.37. The van der Waals surface area contributed by atoms with E-state index >= 15 is 0 Å². The summed E-state index contributed by atoms with van der Waals surface area (Å²) < 4.78 is 19.3. The number of carbonyl (C=O) groups is 1. The van der Waals surface area contributed by atoms with Gasteiger partial charge in [-0.15, -0.1) is 10.2 Å². The van der Waals surface area contributed by atoms with Gasteiger partial charge < -0.3 is 15.0 Å². The number of fused-ring (bicyclic) bond motifs is 1. The fraction of sp³-hybridized carbons (Fsp3) is 0.500. The van der Waals surface area contributed by atoms with Crippen LogP contribution in [0.5, 0.6) is 6.01 Å². The normalized spacial score (nSPS) is 20.2. The molecule has 0 aliphatic carbocycles. The molecule has 5 rings (SSSR count). The number of likely N-dealkylation sites (tertiary alicyclic amines) is 1. The van der Waals surface area contributed by atoms with E-state index in [0.717, 1.165) is 48.1 Å². The molecule has 3 aromatic heterocycles. The summed E-state index contributed by atoms with van der Waals surface area (Å²) >= 11 is 0. The third-order valence-electron chi connectivity index (χ3n) is 6.68. The Hall–Kier alpha value is -3.70. The minimum absolute atomic E-state index is 0.0389. The summed E-state index contributed by atoms with van der Waals surface area (Å²) in [4.78, 5) is 29.0. The van der Waals surface area contributed by atoms with Crippen LogP contribution in [0.15, 0.2) is 12.3 Å². The number of hydrogen-bond donors (Lipinski definition) is 1. The molecule has 0 radical (unpaired) electrons. The van der Waals surface area contributed by atoms with Crippen molar-refractivity contribution in [3.63, 3.8) is 0 Å². The lowest BCUT2D eigenvalue weighted by Gasteiger charge is -2.36. The molecule has 34 heavy (non-hydrogen) atoms. The largest absolute Gasteiger partial charge is 0.467 e. The van der Waals surface area contributed by atoms with Gasteiger partial charge in [-0.25, -0.2) is 14.4 Å². The number of carbonyl (C=O) groups excluding carboxylic acids is 1. The number of pyridine rings is 1. The molecule has 1 N–H and O–H groups in total. The fourth-order valence-electron chi connectivity index (χ4n) is 4.77. The van der Waals surface area contributed by atoms with E-state index in [1.165, 1.54) is 11.9 Å². The number of tetrazole rings is 1. The molecule has 0 bridgehead atoms. The van der Waals surface area contributed by atoms with Gasteiger partial charge in [0, 0.05) is 18.7 Å². The molecule has 11 nitrogen and oxygen atoms in total. The van der Waals surface area contributed by atoms with Gasteiger partial charge in [0.15, 0.2) is 5.82 Å². The van der Waals surface area contributed by atoms with Crippen LogP contribution < -0.4 is 10.1 Å². The minimum atomic E-state index is -0.745. The molecule has 0 unspecified atom stereocenters. The van der Waals surface area contributed by atoms with Gasteiger partial charge in [0.05, 0.1) is 43.2 Å². The highest BCUT2D eigenvalue weighted by atomic mass is 19.1. The van der Waals surface area contributed by atoms with Crippen molar-refractivity contribution in [3.05, 3.63) is 35.0 Å². The average Bonchev–Trinajstić information content (AvgIpc) is 3.44. The highest BCUT2D eigenvalue weighted by molar-refractivity contribution is 5.83. The predicted molar refractivity (Wildman–Crippen MR) is 120 cm³/mol. The van der Waals surface area contributed by atoms with Crippen LogP contribution in [0.3, 0.4) is 0 Å². The number of nitrogens with one attached hydrogen (secondary N) is 1. The number of nitrogens with zero attached hydrogens (tertiary/aromatic N) is 8. The Bertz CT molecular complexity index is 1260. The molecule has 0 aromatic carbocycles. The molecule has 0 saturated carbocycles. The van der Waals surface area contributed by atoms with Crippen LogP contribution in [-0.2, 0) is 18.3 Å². The second kappa shape index (κ2) is 8.26. The van der Waals surface area contributed by atoms with Crippen LogP contribution in [0.1, 0.15) is 42.6 Å². The molecule has 2 aliphatic heterocycles. The second-order valence-corrected chi connectivity index (χ2v) is 8.96. The van der Waals surface area contributed by atoms with E-state index in [0.29, 0.717) is 18.9 Å². The monoisotopic (exact) mass is 467 g/mol. The third kappa shape index (κ3) is 3.82. The van der Waals surface area contributed by atoms with E-state index in [1.54, 1.807) is 18.9 Å². The maximum absolute atomic E-state index is 14.3. The zero-order chi connectivity index (χ0) is 24.0. The van der Waals surface area contributed by atoms with Gasteiger partial charge >= 0.3 is 6.01 Å². The van der Waals surface area contributed by atoms with Gasteiger partial charge in [-0.05, 0) is 50.0 Å². The van der Waals surface area contributed by atoms with E-state index < -0.39 is 11.7 Å². The van der Waals surface area contributed by atoms with Crippen molar-refractivity contribution in [2.24, 2.45) is 7.05 Å². The summed E-state index contributed by atoms with van der Waals surface area (Å²) in [6.07, 6.45) is 3.49. The fourth-order valence-corrected chi connectivity index (χ4v) is 4.77. The minimum Gasteiger partial charge on any atom is -0.467 e. The maximum atomic E-state index is 14.3. The molecule has 178 valence electrons. The topological polar surface area (TPSA) is 124 Å². The van der Waals surface area contributed by atoms with E-state index in [4.69, 9.17) is 9.72 Å². The van der Waals surface area contributed by atoms with Crippen LogP contribution in [0.2, 0.25) is 0 Å². The molecule has 5 heterocycles. The smallest absolute Gasteiger partial charge is 0.316 e. The Labute approximate surface area is 195 Å². The molecule has 1 saturated heterocycles. The number of anilines is 1. The lowest BCUT2D eigenvalue weighted by Crippen LogP contribution is -2.46. The molecular weight excluding hydrogens is 441 g/mol. The van der Waals surface area contributed by atoms with Gasteiger partial charge in [-0.2, -0.15) is 9.78 Å². The van der Waals surface area contributed by atoms with Crippen molar-refractivity contribution in [2.45, 2.75) is 44.6 Å². The van der Waals surface area contributed by atoms with Crippen molar-refractivity contribution < 1.29 is 13.9 Å². The van der Waals surface area contributed by atoms with Gasteiger partial charge in [-0.1, -0.05) is 0 Å². The first-order chi connectivity index (χ1) is 16.3. The average molecular weight is 468 g/mol. The quantitative estimate of drug-likeness (QED) is 0.610. The zero-order valence-electron chi connectivity index (χ0n) is 19.5. The Morgan fingerprint density at radius 3 is 2.88 bits per heavy atom. The van der Waals surface area contributed by atoms with Crippen molar-refractivity contribution >= 4 is 11.7 Å². The Balaban J connectivity index is 1.33. The molecule has 12 heteroatoms. The predicted octanol–water partition coefficient (Wildman–Crippen LogP) is 1.65. The van der Waals surface area contributed by atoms with Crippen LogP contribution in [-0.4, -0.2) is 71.7 Å². The maximum Gasteiger partial charge on any atom is 0.316 e. The molecule has 1 spiro atoms. The molecule has 1 fully saturated rings. The first kappa shape index (κ1) is 22.1. The van der Waals surface area contributed by atoms with Crippen LogP contribution in [0.25, 0.3) is 11.4 Å². The molecular formula is C22H26FN9O2. The van der Waals surface area contributed by atoms with E-state index in [1.807, 2.05) is 6.92 Å². The SMILES string of the molecule is COc1ncc(F)c([C@H](C)C(=O)N2CC[C@@]3(CCc4cc(-c5nnn(C)n5)c(C)nc4N3)C2)n1. The number of amides is 1. The highest BCUT2D eigenvalue weighted by Gasteiger charge is 2.43. The summed E-state index contributed by atoms with van der Waals surface area (Å²) in [5.41, 5.74) is 2.54. The molecule has 2 atom stereocenters. The first-order valence-corrected chi connectivity index (χ1v) is 11.2. The van der Waals surface area contributed by atoms with Crippen molar-refractivity contribution in [2.75, 3.05) is 25.5 Å². The highest BCUT2D eigenvalue weighted by Crippen LogP contribution is 2.38. The Morgan fingerprint density at radius 1 is 1.32 bits per heavy atom. The summed E-state index contributed by atoms with van der Waals surface area (Å²) in [7, 11) is 3.13. The molecule has 2 aliphatic rings. The van der Waals surface area contributed by atoms with E-state index in [-0.39, 0.29) is 23.2 Å². The number of halogens is 1. The van der Waals surface area contributed by atoms with E-state index in [9.17, 15) is 9.18 Å². The standard InChI is InChI=1S/C22H26FN9O2/c1-12(17-16(23)10-24-21(26-17)34-4)20(33)32-8-7-22(11-32)6-5-14-9-15(13(2)25-18(14)27-22)19-28-30-31(3)29-19/h9-10,12H,5-8,11H2,1-4H3,(H,25,27)/t12-,22-/m0/s1. The van der Waals surface area contributed by atoms with Crippen molar-refractivity contribution in [3.8, 4) is 17.4 Å². The number of methoxy groups -OCH3 is 1. The van der Waals surface area contributed by atoms with Gasteiger partial charge in [0.1, 0.15) is 5.82 Å². The van der Waals surface area contributed by atoms with Crippen LogP contribution in [0.4, 0.5) is 10.2 Å². The molecule has 3 aromatic rings. The number of ether oxygens (including phenoxy) is 1. The summed E-state index contributed by atoms with van der Waals surface area (Å²) in [6.45, 7) is 4.68. The van der Waals surface area contributed by atoms with Crippen LogP contribution >= 0.6 is 0 Å². The van der Waals surface area contributed by atoms with Crippen molar-refractivity contribution in [1.82, 2.24) is 40.1 Å². The lowest BCUT2D eigenvalue weighted by molar-refractivity contribution is -0.131. The first-order valence-electron chi connectivity index (χ1n) is 11.2. The summed E-state index contributed by atoms with van der Waals surface area (Å²) in [5, 5.41) is 15.9. The zero-order valence-corrected chi connectivity index (χ0v) is 19.5. The number of aromatic nitrogens is 7. The van der Waals surface area contributed by atoms with Gasteiger partial charge in [-0.3, -0.25) is 4.79 Å². The summed E-state index contributed by atoms with van der Waals surface area (Å²) in [6, 6.07) is 2.11. The van der Waals surface area contributed by atoms with E-state index in [2.05, 4.69) is 36.8 Å². The second-order valence-electron chi connectivity index (χ2n) is 8.96. The number of aryl methyl sites for hydroxylation is 3. The number of hydrogen-bond acceptors (Lipinski definition) is 9. The third-order valence-corrected chi connectivity index (χ3v) is 6.68. The van der Waals surface area contributed by atoms with Crippen LogP contribution in [0, 0.1) is 12.7 Å². The summed E-state index contributed by atoms with van der Waals surface area (Å²) in [5.74, 6) is -0.155. The van der Waals surface area contributed by atoms with Crippen molar-refractivity contribution in [1.29, 1.82) is 0 Å². The lowest BCUT2D eigenvalue weighted by atomic mass is 9.86. The Morgan fingerprint density at radius 2 is 2.15 bits per heavy atom. The van der Waals surface area contributed by atoms with Gasteiger partial charge in [0.25, 0.3) is 0 Å². The molecule has 1 amide bonds. The number of rotatable bonds is 4. The van der Waals surface area contributed by atoms with Gasteiger partial charge in [0.2, 0.25) is 11.7 Å².